The lowest BCUT2D eigenvalue weighted by Gasteiger charge is -2.23. The molecule has 0 amide bonds. The van der Waals surface area contributed by atoms with Crippen molar-refractivity contribution in [2.45, 2.75) is 25.8 Å². The summed E-state index contributed by atoms with van der Waals surface area (Å²) in [4.78, 5) is 20.2. The Labute approximate surface area is 117 Å². The fraction of sp³-hybridized carbons (Fsp3) is 0.400. The largest absolute Gasteiger partial charge is 0.381 e. The first-order valence-electron chi connectivity index (χ1n) is 6.84. The summed E-state index contributed by atoms with van der Waals surface area (Å²) >= 11 is 0. The highest BCUT2D eigenvalue weighted by Gasteiger charge is 2.14. The van der Waals surface area contributed by atoms with Crippen molar-refractivity contribution in [2.75, 3.05) is 18.5 Å². The van der Waals surface area contributed by atoms with Crippen LogP contribution in [0.4, 0.5) is 5.95 Å². The summed E-state index contributed by atoms with van der Waals surface area (Å²) in [7, 11) is 0. The molecule has 104 valence electrons. The van der Waals surface area contributed by atoms with E-state index in [1.165, 1.54) is 0 Å². The van der Waals surface area contributed by atoms with Gasteiger partial charge >= 0.3 is 0 Å². The number of benzene rings is 1. The molecule has 5 heteroatoms. The zero-order chi connectivity index (χ0) is 13.9. The van der Waals surface area contributed by atoms with Gasteiger partial charge in [-0.25, -0.2) is 9.97 Å². The average Bonchev–Trinajstić information content (AvgIpc) is 2.47. The van der Waals surface area contributed by atoms with Gasteiger partial charge in [0.05, 0.1) is 5.52 Å². The number of ketones is 1. The highest BCUT2D eigenvalue weighted by molar-refractivity contribution is 5.97. The first-order valence-corrected chi connectivity index (χ1v) is 6.84. The van der Waals surface area contributed by atoms with Crippen molar-refractivity contribution in [1.29, 1.82) is 0 Å². The van der Waals surface area contributed by atoms with Crippen LogP contribution in [-0.2, 0) is 4.74 Å². The maximum atomic E-state index is 11.4. The molecule has 1 aromatic carbocycles. The lowest BCUT2D eigenvalue weighted by molar-refractivity contribution is 0.0903. The number of nitrogens with one attached hydrogen (secondary N) is 1. The molecule has 0 aliphatic carbocycles. The molecule has 2 aromatic rings. The Balaban J connectivity index is 1.86. The summed E-state index contributed by atoms with van der Waals surface area (Å²) in [5.41, 5.74) is 1.47. The van der Waals surface area contributed by atoms with E-state index in [1.54, 1.807) is 19.2 Å². The molecule has 0 unspecified atom stereocenters. The molecule has 1 N–H and O–H groups in total. The molecule has 1 saturated heterocycles. The summed E-state index contributed by atoms with van der Waals surface area (Å²) in [5.74, 6) is 0.662. The van der Waals surface area contributed by atoms with E-state index in [9.17, 15) is 4.79 Å². The number of ether oxygens (including phenoxy) is 1. The Morgan fingerprint density at radius 1 is 1.35 bits per heavy atom. The van der Waals surface area contributed by atoms with E-state index >= 15 is 0 Å². The van der Waals surface area contributed by atoms with E-state index in [-0.39, 0.29) is 5.78 Å². The van der Waals surface area contributed by atoms with Gasteiger partial charge < -0.3 is 10.1 Å². The number of aromatic nitrogens is 2. The van der Waals surface area contributed by atoms with E-state index < -0.39 is 0 Å². The standard InChI is InChI=1S/C15H17N3O2/c1-10(19)11-2-3-12-9-16-15(18-14(12)8-11)17-13-4-6-20-7-5-13/h2-3,8-9,13H,4-7H2,1H3,(H,16,17,18). The number of hydrogen-bond acceptors (Lipinski definition) is 5. The summed E-state index contributed by atoms with van der Waals surface area (Å²) in [6.07, 6.45) is 3.72. The van der Waals surface area contributed by atoms with Gasteiger partial charge in [0.25, 0.3) is 0 Å². The zero-order valence-electron chi connectivity index (χ0n) is 11.4. The fourth-order valence-corrected chi connectivity index (χ4v) is 2.34. The summed E-state index contributed by atoms with van der Waals surface area (Å²) in [5, 5.41) is 4.27. The Morgan fingerprint density at radius 3 is 2.90 bits per heavy atom. The van der Waals surface area contributed by atoms with Crippen molar-refractivity contribution in [3.8, 4) is 0 Å². The number of nitrogens with zero attached hydrogens (tertiary/aromatic N) is 2. The van der Waals surface area contributed by atoms with Gasteiger partial charge in [-0.15, -0.1) is 0 Å². The van der Waals surface area contributed by atoms with Gasteiger partial charge in [0, 0.05) is 36.4 Å². The smallest absolute Gasteiger partial charge is 0.223 e. The molecule has 0 radical (unpaired) electrons. The Hall–Kier alpha value is -2.01. The molecule has 3 rings (SSSR count). The molecule has 0 spiro atoms. The lowest BCUT2D eigenvalue weighted by Crippen LogP contribution is -2.28. The average molecular weight is 271 g/mol. The second-order valence-corrected chi connectivity index (χ2v) is 5.05. The van der Waals surface area contributed by atoms with Gasteiger partial charge in [-0.05, 0) is 25.8 Å². The summed E-state index contributed by atoms with van der Waals surface area (Å²) in [6.45, 7) is 3.11. The predicted octanol–water partition coefficient (Wildman–Crippen LogP) is 2.42. The molecular formula is C15H17N3O2. The molecule has 1 fully saturated rings. The Kier molecular flexibility index (Phi) is 3.60. The van der Waals surface area contributed by atoms with Crippen molar-refractivity contribution in [3.63, 3.8) is 0 Å². The van der Waals surface area contributed by atoms with E-state index in [1.807, 2.05) is 12.1 Å². The SMILES string of the molecule is CC(=O)c1ccc2cnc(NC3CCOCC3)nc2c1. The molecule has 1 aliphatic rings. The van der Waals surface area contributed by atoms with E-state index in [4.69, 9.17) is 4.74 Å². The first-order chi connectivity index (χ1) is 9.72. The highest BCUT2D eigenvalue weighted by atomic mass is 16.5. The molecule has 0 bridgehead atoms. The van der Waals surface area contributed by atoms with Crippen LogP contribution in [0.15, 0.2) is 24.4 Å². The lowest BCUT2D eigenvalue weighted by atomic mass is 10.1. The minimum absolute atomic E-state index is 0.0458. The second kappa shape index (κ2) is 5.54. The number of Topliss-reactive ketones (excluding diaryl/α,β-unsaturated/α-hetero) is 1. The van der Waals surface area contributed by atoms with Crippen molar-refractivity contribution in [2.24, 2.45) is 0 Å². The second-order valence-electron chi connectivity index (χ2n) is 5.05. The van der Waals surface area contributed by atoms with Crippen molar-refractivity contribution < 1.29 is 9.53 Å². The number of hydrogen-bond donors (Lipinski definition) is 1. The minimum atomic E-state index is 0.0458. The van der Waals surface area contributed by atoms with Gasteiger partial charge in [-0.3, -0.25) is 4.79 Å². The normalized spacial score (nSPS) is 16.2. The fourth-order valence-electron chi connectivity index (χ4n) is 2.34. The maximum Gasteiger partial charge on any atom is 0.223 e. The van der Waals surface area contributed by atoms with Gasteiger partial charge in [0.15, 0.2) is 5.78 Å². The van der Waals surface area contributed by atoms with Gasteiger partial charge in [-0.2, -0.15) is 0 Å². The van der Waals surface area contributed by atoms with Crippen LogP contribution < -0.4 is 5.32 Å². The summed E-state index contributed by atoms with van der Waals surface area (Å²) in [6, 6.07) is 5.86. The van der Waals surface area contributed by atoms with Crippen molar-refractivity contribution in [1.82, 2.24) is 9.97 Å². The van der Waals surface area contributed by atoms with E-state index in [0.717, 1.165) is 37.0 Å². The number of fused-ring (bicyclic) bond motifs is 1. The molecule has 1 aromatic heterocycles. The molecule has 20 heavy (non-hydrogen) atoms. The maximum absolute atomic E-state index is 11.4. The van der Waals surface area contributed by atoms with Gasteiger partial charge in [0.1, 0.15) is 0 Å². The molecule has 0 atom stereocenters. The van der Waals surface area contributed by atoms with E-state index in [2.05, 4.69) is 15.3 Å². The van der Waals surface area contributed by atoms with Crippen LogP contribution >= 0.6 is 0 Å². The third-order valence-corrected chi connectivity index (χ3v) is 3.54. The number of anilines is 1. The first kappa shape index (κ1) is 13.0. The monoisotopic (exact) mass is 271 g/mol. The van der Waals surface area contributed by atoms with Crippen LogP contribution in [0.3, 0.4) is 0 Å². The third-order valence-electron chi connectivity index (χ3n) is 3.54. The Morgan fingerprint density at radius 2 is 2.15 bits per heavy atom. The van der Waals surface area contributed by atoms with E-state index in [0.29, 0.717) is 17.6 Å². The van der Waals surface area contributed by atoms with Crippen LogP contribution in [0.5, 0.6) is 0 Å². The van der Waals surface area contributed by atoms with Crippen LogP contribution in [0.1, 0.15) is 30.1 Å². The molecule has 1 aliphatic heterocycles. The quantitative estimate of drug-likeness (QED) is 0.869. The van der Waals surface area contributed by atoms with Crippen molar-refractivity contribution >= 4 is 22.6 Å². The molecule has 2 heterocycles. The highest BCUT2D eigenvalue weighted by Crippen LogP contribution is 2.17. The predicted molar refractivity (Wildman–Crippen MR) is 77.0 cm³/mol. The molecule has 0 saturated carbocycles. The number of carbonyl (C=O) groups excluding carboxylic acids is 1. The van der Waals surface area contributed by atoms with Crippen LogP contribution in [0.2, 0.25) is 0 Å². The number of rotatable bonds is 3. The minimum Gasteiger partial charge on any atom is -0.381 e. The summed E-state index contributed by atoms with van der Waals surface area (Å²) < 4.78 is 5.33. The topological polar surface area (TPSA) is 64.1 Å². The van der Waals surface area contributed by atoms with Crippen LogP contribution in [0.25, 0.3) is 10.9 Å². The van der Waals surface area contributed by atoms with Gasteiger partial charge in [-0.1, -0.05) is 12.1 Å². The Bertz CT molecular complexity index is 636. The van der Waals surface area contributed by atoms with Gasteiger partial charge in [0.2, 0.25) is 5.95 Å². The van der Waals surface area contributed by atoms with Crippen LogP contribution in [-0.4, -0.2) is 35.0 Å². The third kappa shape index (κ3) is 2.77. The molecule has 5 nitrogen and oxygen atoms in total. The molecular weight excluding hydrogens is 254 g/mol. The zero-order valence-corrected chi connectivity index (χ0v) is 11.4. The van der Waals surface area contributed by atoms with Crippen LogP contribution in [0, 0.1) is 0 Å². The van der Waals surface area contributed by atoms with Crippen molar-refractivity contribution in [3.05, 3.63) is 30.0 Å². The number of carbonyl (C=O) groups is 1.